The molecule has 0 fully saturated rings. The summed E-state index contributed by atoms with van der Waals surface area (Å²) in [5, 5.41) is 13.8. The lowest BCUT2D eigenvalue weighted by molar-refractivity contribution is 0.415. The highest BCUT2D eigenvalue weighted by atomic mass is 35.5. The van der Waals surface area contributed by atoms with Gasteiger partial charge in [-0.15, -0.1) is 11.3 Å². The first-order valence-corrected chi connectivity index (χ1v) is 10.9. The van der Waals surface area contributed by atoms with Gasteiger partial charge in [-0.05, 0) is 18.2 Å². The van der Waals surface area contributed by atoms with Crippen molar-refractivity contribution in [3.8, 4) is 22.3 Å². The molecular formula is C23H18Cl2N4OS. The number of hydrogen-bond acceptors (Lipinski definition) is 6. The molecule has 0 aliphatic carbocycles. The van der Waals surface area contributed by atoms with Crippen LogP contribution in [0.15, 0.2) is 48.7 Å². The molecule has 156 valence electrons. The fourth-order valence-electron chi connectivity index (χ4n) is 3.31. The molecule has 0 bridgehead atoms. The van der Waals surface area contributed by atoms with Crippen LogP contribution in [0.25, 0.3) is 20.7 Å². The minimum atomic E-state index is 0.414. The van der Waals surface area contributed by atoms with Crippen LogP contribution in [0, 0.1) is 11.3 Å². The number of pyridine rings is 1. The number of fused-ring (bicyclic) bond motifs is 1. The van der Waals surface area contributed by atoms with Crippen molar-refractivity contribution >= 4 is 61.8 Å². The van der Waals surface area contributed by atoms with Crippen LogP contribution in [0.4, 0.5) is 17.1 Å². The molecule has 8 heteroatoms. The van der Waals surface area contributed by atoms with Gasteiger partial charge >= 0.3 is 0 Å². The van der Waals surface area contributed by atoms with Gasteiger partial charge in [-0.3, -0.25) is 4.98 Å². The fourth-order valence-corrected chi connectivity index (χ4v) is 4.97. The lowest BCUT2D eigenvalue weighted by atomic mass is 10.1. The SMILES string of the molecule is COc1cc(Nc2c(C#N)cnc3cc(-c4ccccc4N(C)C)sc23)c(Cl)cc1Cl. The molecule has 2 aromatic carbocycles. The maximum atomic E-state index is 9.70. The number of anilines is 3. The number of nitriles is 1. The number of benzene rings is 2. The topological polar surface area (TPSA) is 61.2 Å². The molecule has 0 amide bonds. The number of nitrogens with one attached hydrogen (secondary N) is 1. The largest absolute Gasteiger partial charge is 0.495 e. The lowest BCUT2D eigenvalue weighted by Crippen LogP contribution is -2.09. The zero-order valence-electron chi connectivity index (χ0n) is 17.0. The molecule has 0 aliphatic rings. The monoisotopic (exact) mass is 468 g/mol. The van der Waals surface area contributed by atoms with Gasteiger partial charge in [0.1, 0.15) is 11.8 Å². The number of halogens is 2. The molecule has 0 saturated heterocycles. The minimum Gasteiger partial charge on any atom is -0.495 e. The molecule has 0 radical (unpaired) electrons. The number of para-hydroxylation sites is 1. The molecule has 1 N–H and O–H groups in total. The van der Waals surface area contributed by atoms with Crippen molar-refractivity contribution < 1.29 is 4.74 Å². The van der Waals surface area contributed by atoms with Gasteiger partial charge in [0.2, 0.25) is 0 Å². The first-order chi connectivity index (χ1) is 14.9. The number of hydrogen-bond donors (Lipinski definition) is 1. The van der Waals surface area contributed by atoms with Crippen LogP contribution < -0.4 is 15.0 Å². The summed E-state index contributed by atoms with van der Waals surface area (Å²) in [5.41, 5.74) is 4.67. The number of aromatic nitrogens is 1. The van der Waals surface area contributed by atoms with Crippen molar-refractivity contribution in [1.29, 1.82) is 5.26 Å². The number of methoxy groups -OCH3 is 1. The summed E-state index contributed by atoms with van der Waals surface area (Å²) in [6.45, 7) is 0. The van der Waals surface area contributed by atoms with Crippen LogP contribution in [0.5, 0.6) is 5.75 Å². The summed E-state index contributed by atoms with van der Waals surface area (Å²) >= 11 is 14.2. The second-order valence-corrected chi connectivity index (χ2v) is 8.85. The van der Waals surface area contributed by atoms with Crippen LogP contribution in [0.3, 0.4) is 0 Å². The first kappa shape index (κ1) is 21.3. The molecule has 0 spiro atoms. The van der Waals surface area contributed by atoms with Gasteiger partial charge in [-0.1, -0.05) is 41.4 Å². The molecule has 4 aromatic rings. The van der Waals surface area contributed by atoms with Gasteiger partial charge in [0, 0.05) is 42.5 Å². The van der Waals surface area contributed by atoms with Crippen LogP contribution in [-0.4, -0.2) is 26.2 Å². The van der Waals surface area contributed by atoms with Crippen LogP contribution in [-0.2, 0) is 0 Å². The van der Waals surface area contributed by atoms with Gasteiger partial charge in [-0.2, -0.15) is 5.26 Å². The summed E-state index contributed by atoms with van der Waals surface area (Å²) in [7, 11) is 5.57. The third-order valence-corrected chi connectivity index (χ3v) is 6.60. The Morgan fingerprint density at radius 3 is 2.61 bits per heavy atom. The highest BCUT2D eigenvalue weighted by Crippen LogP contribution is 2.43. The maximum Gasteiger partial charge on any atom is 0.139 e. The fraction of sp³-hybridized carbons (Fsp3) is 0.130. The minimum absolute atomic E-state index is 0.414. The van der Waals surface area contributed by atoms with E-state index in [0.29, 0.717) is 32.7 Å². The van der Waals surface area contributed by atoms with Crippen molar-refractivity contribution in [1.82, 2.24) is 4.98 Å². The molecule has 2 aromatic heterocycles. The van der Waals surface area contributed by atoms with Gasteiger partial charge < -0.3 is 15.0 Å². The summed E-state index contributed by atoms with van der Waals surface area (Å²) in [6, 6.07) is 15.8. The van der Waals surface area contributed by atoms with E-state index in [-0.39, 0.29) is 0 Å². The first-order valence-electron chi connectivity index (χ1n) is 9.32. The molecule has 0 unspecified atom stereocenters. The number of nitrogens with zero attached hydrogens (tertiary/aromatic N) is 3. The van der Waals surface area contributed by atoms with Crippen LogP contribution in [0.2, 0.25) is 10.0 Å². The van der Waals surface area contributed by atoms with E-state index in [9.17, 15) is 5.26 Å². The van der Waals surface area contributed by atoms with Crippen LogP contribution >= 0.6 is 34.5 Å². The Balaban J connectivity index is 1.88. The maximum absolute atomic E-state index is 9.70. The predicted molar refractivity (Wildman–Crippen MR) is 130 cm³/mol. The average Bonchev–Trinajstić information content (AvgIpc) is 3.20. The van der Waals surface area contributed by atoms with E-state index in [1.165, 1.54) is 7.11 Å². The Morgan fingerprint density at radius 2 is 1.90 bits per heavy atom. The predicted octanol–water partition coefficient (Wildman–Crippen LogP) is 6.96. The third-order valence-electron chi connectivity index (χ3n) is 4.81. The van der Waals surface area contributed by atoms with E-state index in [0.717, 1.165) is 26.3 Å². The molecule has 31 heavy (non-hydrogen) atoms. The van der Waals surface area contributed by atoms with E-state index in [1.54, 1.807) is 29.7 Å². The number of ether oxygens (including phenoxy) is 1. The van der Waals surface area contributed by atoms with Crippen molar-refractivity contribution in [2.24, 2.45) is 0 Å². The molecule has 5 nitrogen and oxygen atoms in total. The van der Waals surface area contributed by atoms with E-state index in [4.69, 9.17) is 27.9 Å². The molecular weight excluding hydrogens is 451 g/mol. The van der Waals surface area contributed by atoms with E-state index >= 15 is 0 Å². The number of thiophene rings is 1. The normalized spacial score (nSPS) is 10.7. The Bertz CT molecular complexity index is 1330. The van der Waals surface area contributed by atoms with Crippen LogP contribution in [0.1, 0.15) is 5.56 Å². The summed E-state index contributed by atoms with van der Waals surface area (Å²) in [6.07, 6.45) is 1.57. The lowest BCUT2D eigenvalue weighted by Gasteiger charge is -2.16. The second kappa shape index (κ2) is 8.64. The van der Waals surface area contributed by atoms with Gasteiger partial charge in [0.05, 0.1) is 44.3 Å². The highest BCUT2D eigenvalue weighted by Gasteiger charge is 2.17. The summed E-state index contributed by atoms with van der Waals surface area (Å²) in [4.78, 5) is 7.64. The molecule has 4 rings (SSSR count). The van der Waals surface area contributed by atoms with Gasteiger partial charge in [0.15, 0.2) is 0 Å². The van der Waals surface area contributed by atoms with E-state index in [1.807, 2.05) is 32.3 Å². The summed E-state index contributed by atoms with van der Waals surface area (Å²) in [5.74, 6) is 0.490. The third kappa shape index (κ3) is 4.00. The van der Waals surface area contributed by atoms with Crippen molar-refractivity contribution in [3.63, 3.8) is 0 Å². The van der Waals surface area contributed by atoms with E-state index < -0.39 is 0 Å². The Morgan fingerprint density at radius 1 is 1.13 bits per heavy atom. The second-order valence-electron chi connectivity index (χ2n) is 6.99. The molecule has 0 atom stereocenters. The summed E-state index contributed by atoms with van der Waals surface area (Å²) < 4.78 is 6.18. The highest BCUT2D eigenvalue weighted by molar-refractivity contribution is 7.22. The zero-order valence-corrected chi connectivity index (χ0v) is 19.4. The Hall–Kier alpha value is -2.98. The smallest absolute Gasteiger partial charge is 0.139 e. The molecule has 2 heterocycles. The average molecular weight is 469 g/mol. The number of rotatable bonds is 5. The van der Waals surface area contributed by atoms with Gasteiger partial charge in [-0.25, -0.2) is 0 Å². The van der Waals surface area contributed by atoms with Crippen molar-refractivity contribution in [2.45, 2.75) is 0 Å². The van der Waals surface area contributed by atoms with Crippen molar-refractivity contribution in [2.75, 3.05) is 31.4 Å². The standard InChI is InChI=1S/C23H18Cl2N4OS/c1-29(2)19-7-5-4-6-14(19)21-10-18-23(31-21)22(13(11-26)12-27-18)28-17-9-20(30-3)16(25)8-15(17)24/h4-10,12H,1-3H3,(H,27,28). The Labute approximate surface area is 194 Å². The Kier molecular flexibility index (Phi) is 5.92. The zero-order chi connectivity index (χ0) is 22.1. The molecule has 0 saturated carbocycles. The molecule has 0 aliphatic heterocycles. The van der Waals surface area contributed by atoms with E-state index in [2.05, 4.69) is 33.4 Å². The quantitative estimate of drug-likeness (QED) is 0.342. The van der Waals surface area contributed by atoms with Gasteiger partial charge in [0.25, 0.3) is 0 Å². The van der Waals surface area contributed by atoms with Crippen molar-refractivity contribution in [3.05, 3.63) is 64.3 Å².